The van der Waals surface area contributed by atoms with Crippen LogP contribution in [0.5, 0.6) is 0 Å². The average Bonchev–Trinajstić information content (AvgIpc) is 2.45. The fourth-order valence-corrected chi connectivity index (χ4v) is 4.02. The minimum absolute atomic E-state index is 0.0716. The fourth-order valence-electron chi connectivity index (χ4n) is 3.07. The monoisotopic (exact) mass is 306 g/mol. The predicted molar refractivity (Wildman–Crippen MR) is 77.2 cm³/mol. The molecular weight excluding hydrogens is 280 g/mol. The van der Waals surface area contributed by atoms with E-state index in [0.29, 0.717) is 38.8 Å². The molecule has 0 aromatic rings. The van der Waals surface area contributed by atoms with E-state index >= 15 is 0 Å². The van der Waals surface area contributed by atoms with Crippen LogP contribution in [0.4, 0.5) is 0 Å². The van der Waals surface area contributed by atoms with E-state index in [0.717, 1.165) is 19.3 Å². The maximum atomic E-state index is 11.7. The molecule has 0 spiro atoms. The van der Waals surface area contributed by atoms with Gasteiger partial charge in [-0.15, -0.1) is 0 Å². The van der Waals surface area contributed by atoms with Gasteiger partial charge >= 0.3 is 0 Å². The van der Waals surface area contributed by atoms with Crippen molar-refractivity contribution >= 4 is 10.0 Å². The largest absolute Gasteiger partial charge is 0.376 e. The van der Waals surface area contributed by atoms with Gasteiger partial charge in [0.05, 0.1) is 32.2 Å². The summed E-state index contributed by atoms with van der Waals surface area (Å²) in [6.45, 7) is 3.21. The maximum Gasteiger partial charge on any atom is 0.211 e. The lowest BCUT2D eigenvalue weighted by Crippen LogP contribution is -2.48. The average molecular weight is 306 g/mol. The Bertz CT molecular complexity index is 395. The molecule has 2 rings (SSSR count). The van der Waals surface area contributed by atoms with Gasteiger partial charge in [0.1, 0.15) is 0 Å². The van der Waals surface area contributed by atoms with E-state index in [1.54, 1.807) is 4.31 Å². The topological polar surface area (TPSA) is 67.9 Å². The smallest absolute Gasteiger partial charge is 0.211 e. The summed E-state index contributed by atoms with van der Waals surface area (Å²) in [5.41, 5.74) is 0. The van der Waals surface area contributed by atoms with Crippen molar-refractivity contribution in [1.29, 1.82) is 0 Å². The minimum atomic E-state index is -3.07. The van der Waals surface area contributed by atoms with Crippen molar-refractivity contribution < 1.29 is 17.9 Å². The van der Waals surface area contributed by atoms with E-state index < -0.39 is 10.0 Å². The van der Waals surface area contributed by atoms with E-state index in [-0.39, 0.29) is 12.1 Å². The zero-order valence-electron chi connectivity index (χ0n) is 12.4. The Hall–Kier alpha value is -0.210. The molecule has 7 heteroatoms. The Kier molecular flexibility index (Phi) is 5.80. The number of sulfonamides is 1. The molecule has 118 valence electrons. The number of hydrogen-bond donors (Lipinski definition) is 1. The second-order valence-corrected chi connectivity index (χ2v) is 7.73. The van der Waals surface area contributed by atoms with Crippen molar-refractivity contribution in [1.82, 2.24) is 9.62 Å². The van der Waals surface area contributed by atoms with Crippen molar-refractivity contribution in [2.75, 3.05) is 46.2 Å². The number of nitrogens with zero attached hydrogens (tertiary/aromatic N) is 1. The molecule has 2 fully saturated rings. The molecule has 2 aliphatic rings. The number of nitrogens with one attached hydrogen (secondary N) is 1. The van der Waals surface area contributed by atoms with Crippen molar-refractivity contribution in [3.05, 3.63) is 0 Å². The summed E-state index contributed by atoms with van der Waals surface area (Å²) in [6, 6.07) is 0.222. The third-order valence-corrected chi connectivity index (χ3v) is 5.47. The van der Waals surface area contributed by atoms with Gasteiger partial charge in [-0.3, -0.25) is 0 Å². The Balaban J connectivity index is 1.90. The van der Waals surface area contributed by atoms with Crippen LogP contribution in [0.1, 0.15) is 19.3 Å². The second-order valence-electron chi connectivity index (χ2n) is 5.74. The summed E-state index contributed by atoms with van der Waals surface area (Å²) in [5.74, 6) is 0.390. The lowest BCUT2D eigenvalue weighted by Gasteiger charge is -2.36. The Morgan fingerprint density at radius 3 is 2.80 bits per heavy atom. The summed E-state index contributed by atoms with van der Waals surface area (Å²) in [7, 11) is -1.14. The molecule has 0 aromatic heterocycles. The van der Waals surface area contributed by atoms with Gasteiger partial charge in [-0.2, -0.15) is 0 Å². The summed E-state index contributed by atoms with van der Waals surface area (Å²) in [5, 5.41) is 3.30. The Labute approximate surface area is 121 Å². The van der Waals surface area contributed by atoms with Crippen LogP contribution in [0, 0.1) is 5.92 Å². The van der Waals surface area contributed by atoms with Gasteiger partial charge in [0.15, 0.2) is 0 Å². The molecule has 2 aliphatic heterocycles. The molecule has 0 bridgehead atoms. The zero-order chi connectivity index (χ0) is 14.6. The van der Waals surface area contributed by atoms with E-state index in [9.17, 15) is 8.42 Å². The Morgan fingerprint density at radius 2 is 2.20 bits per heavy atom. The van der Waals surface area contributed by atoms with E-state index in [4.69, 9.17) is 9.47 Å². The normalized spacial score (nSPS) is 31.1. The van der Waals surface area contributed by atoms with Crippen molar-refractivity contribution in [2.24, 2.45) is 5.92 Å². The SMILES string of the molecule is CNC(CC1CCCN(S(C)(=O)=O)C1)C1COCCO1. The lowest BCUT2D eigenvalue weighted by atomic mass is 9.90. The molecule has 0 aromatic carbocycles. The van der Waals surface area contributed by atoms with Crippen LogP contribution in [0.2, 0.25) is 0 Å². The van der Waals surface area contributed by atoms with Gasteiger partial charge in [-0.25, -0.2) is 12.7 Å². The van der Waals surface area contributed by atoms with Gasteiger partial charge < -0.3 is 14.8 Å². The molecule has 0 saturated carbocycles. The quantitative estimate of drug-likeness (QED) is 0.777. The third-order valence-electron chi connectivity index (χ3n) is 4.20. The first-order chi connectivity index (χ1) is 9.50. The van der Waals surface area contributed by atoms with Crippen LogP contribution in [0.15, 0.2) is 0 Å². The highest BCUT2D eigenvalue weighted by molar-refractivity contribution is 7.88. The molecule has 0 aliphatic carbocycles. The number of ether oxygens (including phenoxy) is 2. The maximum absolute atomic E-state index is 11.7. The highest BCUT2D eigenvalue weighted by atomic mass is 32.2. The van der Waals surface area contributed by atoms with Crippen LogP contribution >= 0.6 is 0 Å². The molecule has 2 saturated heterocycles. The summed E-state index contributed by atoms with van der Waals surface area (Å²) in [4.78, 5) is 0. The summed E-state index contributed by atoms with van der Waals surface area (Å²) in [6.07, 6.45) is 4.32. The molecule has 2 heterocycles. The van der Waals surface area contributed by atoms with Crippen LogP contribution < -0.4 is 5.32 Å². The first-order valence-corrected chi connectivity index (χ1v) is 9.17. The number of hydrogen-bond acceptors (Lipinski definition) is 5. The van der Waals surface area contributed by atoms with E-state index in [1.165, 1.54) is 6.26 Å². The van der Waals surface area contributed by atoms with Gasteiger partial charge in [0.25, 0.3) is 0 Å². The minimum Gasteiger partial charge on any atom is -0.376 e. The van der Waals surface area contributed by atoms with Gasteiger partial charge in [-0.05, 0) is 32.2 Å². The van der Waals surface area contributed by atoms with Crippen LogP contribution in [0.3, 0.4) is 0 Å². The molecule has 20 heavy (non-hydrogen) atoms. The number of likely N-dealkylation sites (N-methyl/N-ethyl adjacent to an activating group) is 1. The Morgan fingerprint density at radius 1 is 1.40 bits per heavy atom. The molecule has 3 atom stereocenters. The van der Waals surface area contributed by atoms with Crippen LogP contribution in [0.25, 0.3) is 0 Å². The van der Waals surface area contributed by atoms with Crippen LogP contribution in [-0.2, 0) is 19.5 Å². The summed E-state index contributed by atoms with van der Waals surface area (Å²) >= 11 is 0. The molecule has 1 N–H and O–H groups in total. The van der Waals surface area contributed by atoms with E-state index in [2.05, 4.69) is 5.32 Å². The van der Waals surface area contributed by atoms with Gasteiger partial charge in [0.2, 0.25) is 10.0 Å². The third kappa shape index (κ3) is 4.39. The first kappa shape index (κ1) is 16.2. The van der Waals surface area contributed by atoms with Gasteiger partial charge in [-0.1, -0.05) is 0 Å². The van der Waals surface area contributed by atoms with Crippen molar-refractivity contribution in [3.63, 3.8) is 0 Å². The molecule has 6 nitrogen and oxygen atoms in total. The molecule has 0 radical (unpaired) electrons. The second kappa shape index (κ2) is 7.17. The van der Waals surface area contributed by atoms with Crippen molar-refractivity contribution in [3.8, 4) is 0 Å². The standard InChI is InChI=1S/C13H26N2O4S/c1-14-12(13-10-18-6-7-19-13)8-11-4-3-5-15(9-11)20(2,16)17/h11-14H,3-10H2,1-2H3. The zero-order valence-corrected chi connectivity index (χ0v) is 13.2. The summed E-state index contributed by atoms with van der Waals surface area (Å²) < 4.78 is 36.1. The number of piperidine rings is 1. The van der Waals surface area contributed by atoms with E-state index in [1.807, 2.05) is 7.05 Å². The fraction of sp³-hybridized carbons (Fsp3) is 1.00. The van der Waals surface area contributed by atoms with Gasteiger partial charge in [0, 0.05) is 19.1 Å². The molecule has 0 amide bonds. The first-order valence-electron chi connectivity index (χ1n) is 7.32. The molecule has 3 unspecified atom stereocenters. The predicted octanol–water partition coefficient (Wildman–Crippen LogP) is 0.0515. The number of rotatable bonds is 5. The highest BCUT2D eigenvalue weighted by Gasteiger charge is 2.31. The molecular formula is C13H26N2O4S. The highest BCUT2D eigenvalue weighted by Crippen LogP contribution is 2.24. The van der Waals surface area contributed by atoms with Crippen molar-refractivity contribution in [2.45, 2.75) is 31.4 Å². The lowest BCUT2D eigenvalue weighted by molar-refractivity contribution is -0.103. The van der Waals surface area contributed by atoms with Crippen LogP contribution in [-0.4, -0.2) is 71.1 Å².